The Labute approximate surface area is 140 Å². The normalized spacial score (nSPS) is 12.5. The van der Waals surface area contributed by atoms with Gasteiger partial charge >= 0.3 is 0 Å². The van der Waals surface area contributed by atoms with Gasteiger partial charge in [0.15, 0.2) is 0 Å². The van der Waals surface area contributed by atoms with E-state index in [1.807, 2.05) is 24.3 Å². The maximum absolute atomic E-state index is 9.12. The zero-order valence-corrected chi connectivity index (χ0v) is 13.9. The van der Waals surface area contributed by atoms with Gasteiger partial charge < -0.3 is 20.2 Å². The Morgan fingerprint density at radius 1 is 1.09 bits per heavy atom. The van der Waals surface area contributed by atoms with E-state index >= 15 is 0 Å². The Kier molecular flexibility index (Phi) is 6.73. The predicted molar refractivity (Wildman–Crippen MR) is 90.4 cm³/mol. The highest BCUT2D eigenvalue weighted by Gasteiger charge is 2.07. The SMILES string of the molecule is CC(O)CNCCNCc1ccc(-c2cc(Cl)cc(Cl)c2)o1. The molecule has 1 heterocycles. The fourth-order valence-corrected chi connectivity index (χ4v) is 2.55. The van der Waals surface area contributed by atoms with Crippen LogP contribution in [-0.2, 0) is 6.54 Å². The van der Waals surface area contributed by atoms with E-state index in [1.54, 1.807) is 13.0 Å². The zero-order chi connectivity index (χ0) is 15.9. The molecule has 0 saturated heterocycles. The van der Waals surface area contributed by atoms with E-state index in [4.69, 9.17) is 32.7 Å². The predicted octanol–water partition coefficient (Wildman–Crippen LogP) is 3.31. The third-order valence-corrected chi connectivity index (χ3v) is 3.46. The lowest BCUT2D eigenvalue weighted by atomic mass is 10.2. The number of aliphatic hydroxyl groups excluding tert-OH is 1. The maximum Gasteiger partial charge on any atom is 0.134 e. The van der Waals surface area contributed by atoms with Crippen molar-refractivity contribution < 1.29 is 9.52 Å². The van der Waals surface area contributed by atoms with Crippen molar-refractivity contribution in [3.8, 4) is 11.3 Å². The van der Waals surface area contributed by atoms with Gasteiger partial charge in [0, 0.05) is 35.2 Å². The summed E-state index contributed by atoms with van der Waals surface area (Å²) in [6, 6.07) is 9.18. The van der Waals surface area contributed by atoms with Crippen LogP contribution in [0.1, 0.15) is 12.7 Å². The molecule has 1 aromatic carbocycles. The molecule has 22 heavy (non-hydrogen) atoms. The van der Waals surface area contributed by atoms with Gasteiger partial charge in [0.05, 0.1) is 12.6 Å². The van der Waals surface area contributed by atoms with Crippen LogP contribution >= 0.6 is 23.2 Å². The smallest absolute Gasteiger partial charge is 0.134 e. The first-order valence-electron chi connectivity index (χ1n) is 7.19. The highest BCUT2D eigenvalue weighted by Crippen LogP contribution is 2.28. The Morgan fingerprint density at radius 3 is 2.45 bits per heavy atom. The van der Waals surface area contributed by atoms with Crippen molar-refractivity contribution in [2.24, 2.45) is 0 Å². The molecule has 6 heteroatoms. The largest absolute Gasteiger partial charge is 0.460 e. The molecule has 0 aliphatic heterocycles. The summed E-state index contributed by atoms with van der Waals surface area (Å²) in [6.45, 7) is 4.59. The van der Waals surface area contributed by atoms with E-state index in [0.29, 0.717) is 23.1 Å². The van der Waals surface area contributed by atoms with Crippen LogP contribution in [0, 0.1) is 0 Å². The van der Waals surface area contributed by atoms with Gasteiger partial charge in [-0.1, -0.05) is 23.2 Å². The van der Waals surface area contributed by atoms with Gasteiger partial charge in [0.25, 0.3) is 0 Å². The standard InChI is InChI=1S/C16H20Cl2N2O2/c1-11(21)9-19-4-5-20-10-15-2-3-16(22-15)12-6-13(17)8-14(18)7-12/h2-3,6-8,11,19-21H,4-5,9-10H2,1H3. The van der Waals surface area contributed by atoms with Gasteiger partial charge in [-0.25, -0.2) is 0 Å². The van der Waals surface area contributed by atoms with Gasteiger partial charge in [-0.05, 0) is 37.3 Å². The van der Waals surface area contributed by atoms with Crippen molar-refractivity contribution >= 4 is 23.2 Å². The molecule has 1 unspecified atom stereocenters. The quantitative estimate of drug-likeness (QED) is 0.644. The van der Waals surface area contributed by atoms with E-state index in [0.717, 1.165) is 30.2 Å². The number of hydrogen-bond donors (Lipinski definition) is 3. The van der Waals surface area contributed by atoms with Crippen LogP contribution in [0.3, 0.4) is 0 Å². The number of rotatable bonds is 8. The molecule has 0 bridgehead atoms. The third kappa shape index (κ3) is 5.63. The molecule has 0 radical (unpaired) electrons. The van der Waals surface area contributed by atoms with Crippen LogP contribution in [0.2, 0.25) is 10.0 Å². The van der Waals surface area contributed by atoms with E-state index in [1.165, 1.54) is 0 Å². The second-order valence-electron chi connectivity index (χ2n) is 5.15. The Balaban J connectivity index is 1.81. The molecule has 0 aliphatic carbocycles. The molecule has 4 nitrogen and oxygen atoms in total. The summed E-state index contributed by atoms with van der Waals surface area (Å²) < 4.78 is 5.78. The van der Waals surface area contributed by atoms with Crippen molar-refractivity contribution in [3.63, 3.8) is 0 Å². The van der Waals surface area contributed by atoms with Crippen molar-refractivity contribution in [2.45, 2.75) is 19.6 Å². The average molecular weight is 343 g/mol. The van der Waals surface area contributed by atoms with E-state index in [2.05, 4.69) is 10.6 Å². The number of aliphatic hydroxyl groups is 1. The Bertz CT molecular complexity index is 579. The molecule has 2 aromatic rings. The molecule has 0 aliphatic rings. The summed E-state index contributed by atoms with van der Waals surface area (Å²) in [5.74, 6) is 1.59. The molecule has 0 spiro atoms. The summed E-state index contributed by atoms with van der Waals surface area (Å²) in [6.07, 6.45) is -0.322. The molecule has 1 atom stereocenters. The topological polar surface area (TPSA) is 57.4 Å². The van der Waals surface area contributed by atoms with Crippen molar-refractivity contribution in [1.82, 2.24) is 10.6 Å². The number of benzene rings is 1. The zero-order valence-electron chi connectivity index (χ0n) is 12.4. The fraction of sp³-hybridized carbons (Fsp3) is 0.375. The van der Waals surface area contributed by atoms with Crippen molar-refractivity contribution in [2.75, 3.05) is 19.6 Å². The number of nitrogens with one attached hydrogen (secondary N) is 2. The van der Waals surface area contributed by atoms with E-state index < -0.39 is 0 Å². The van der Waals surface area contributed by atoms with Crippen LogP contribution in [0.5, 0.6) is 0 Å². The molecule has 3 N–H and O–H groups in total. The van der Waals surface area contributed by atoms with Crippen LogP contribution in [-0.4, -0.2) is 30.8 Å². The fourth-order valence-electron chi connectivity index (χ4n) is 2.02. The van der Waals surface area contributed by atoms with Gasteiger partial charge in [0.1, 0.15) is 11.5 Å². The van der Waals surface area contributed by atoms with Crippen LogP contribution in [0.15, 0.2) is 34.7 Å². The van der Waals surface area contributed by atoms with Crippen molar-refractivity contribution in [3.05, 3.63) is 46.1 Å². The molecular formula is C16H20Cl2N2O2. The number of furan rings is 1. The molecular weight excluding hydrogens is 323 g/mol. The van der Waals surface area contributed by atoms with Gasteiger partial charge in [-0.15, -0.1) is 0 Å². The van der Waals surface area contributed by atoms with Crippen LogP contribution < -0.4 is 10.6 Å². The first-order valence-corrected chi connectivity index (χ1v) is 7.95. The first-order chi connectivity index (χ1) is 10.5. The molecule has 0 fully saturated rings. The minimum absolute atomic E-state index is 0.322. The number of halogens is 2. The second kappa shape index (κ2) is 8.56. The lowest BCUT2D eigenvalue weighted by Crippen LogP contribution is -2.31. The Morgan fingerprint density at radius 2 is 1.77 bits per heavy atom. The van der Waals surface area contributed by atoms with Gasteiger partial charge in [0.2, 0.25) is 0 Å². The summed E-state index contributed by atoms with van der Waals surface area (Å²) >= 11 is 12.0. The van der Waals surface area contributed by atoms with E-state index in [-0.39, 0.29) is 6.10 Å². The Hall–Kier alpha value is -1.04. The van der Waals surface area contributed by atoms with Crippen LogP contribution in [0.25, 0.3) is 11.3 Å². The minimum atomic E-state index is -0.322. The minimum Gasteiger partial charge on any atom is -0.460 e. The molecule has 0 saturated carbocycles. The lowest BCUT2D eigenvalue weighted by molar-refractivity contribution is 0.191. The summed E-state index contributed by atoms with van der Waals surface area (Å²) in [5, 5.41) is 16.7. The number of hydrogen-bond acceptors (Lipinski definition) is 4. The highest BCUT2D eigenvalue weighted by atomic mass is 35.5. The van der Waals surface area contributed by atoms with E-state index in [9.17, 15) is 0 Å². The third-order valence-electron chi connectivity index (χ3n) is 3.03. The first kappa shape index (κ1) is 17.3. The lowest BCUT2D eigenvalue weighted by Gasteiger charge is -2.07. The summed E-state index contributed by atoms with van der Waals surface area (Å²) in [7, 11) is 0. The summed E-state index contributed by atoms with van der Waals surface area (Å²) in [4.78, 5) is 0. The monoisotopic (exact) mass is 342 g/mol. The second-order valence-corrected chi connectivity index (χ2v) is 6.03. The maximum atomic E-state index is 9.12. The molecule has 2 rings (SSSR count). The molecule has 120 valence electrons. The van der Waals surface area contributed by atoms with Gasteiger partial charge in [-0.2, -0.15) is 0 Å². The molecule has 0 amide bonds. The highest BCUT2D eigenvalue weighted by molar-refractivity contribution is 6.35. The van der Waals surface area contributed by atoms with Crippen LogP contribution in [0.4, 0.5) is 0 Å². The summed E-state index contributed by atoms with van der Waals surface area (Å²) in [5.41, 5.74) is 0.863. The van der Waals surface area contributed by atoms with Gasteiger partial charge in [-0.3, -0.25) is 0 Å². The average Bonchev–Trinajstić information content (AvgIpc) is 2.90. The van der Waals surface area contributed by atoms with Crippen molar-refractivity contribution in [1.29, 1.82) is 0 Å². The molecule has 1 aromatic heterocycles.